The molecule has 0 aliphatic heterocycles. The first kappa shape index (κ1) is 15.9. The van der Waals surface area contributed by atoms with Crippen LogP contribution in [0.2, 0.25) is 0 Å². The third-order valence-electron chi connectivity index (χ3n) is 3.32. The minimum Gasteiger partial charge on any atom is -0.495 e. The molecular weight excluding hydrogens is 278 g/mol. The molecule has 0 aliphatic carbocycles. The normalized spacial score (nSPS) is 11.6. The highest BCUT2D eigenvalue weighted by molar-refractivity contribution is 5.95. The van der Waals surface area contributed by atoms with E-state index in [-0.39, 0.29) is 5.91 Å². The first-order valence-electron chi connectivity index (χ1n) is 7.18. The summed E-state index contributed by atoms with van der Waals surface area (Å²) < 4.78 is 10.9. The number of hydrogen-bond acceptors (Lipinski definition) is 3. The molecule has 0 unspecified atom stereocenters. The lowest BCUT2D eigenvalue weighted by molar-refractivity contribution is -0.122. The Kier molecular flexibility index (Phi) is 5.04. The Morgan fingerprint density at radius 1 is 1.05 bits per heavy atom. The number of anilines is 1. The fourth-order valence-electron chi connectivity index (χ4n) is 2.03. The minimum absolute atomic E-state index is 0.218. The van der Waals surface area contributed by atoms with Gasteiger partial charge in [0.05, 0.1) is 12.8 Å². The van der Waals surface area contributed by atoms with Crippen LogP contribution in [0.5, 0.6) is 11.5 Å². The van der Waals surface area contributed by atoms with E-state index in [1.54, 1.807) is 14.0 Å². The van der Waals surface area contributed by atoms with Gasteiger partial charge in [-0.1, -0.05) is 23.8 Å². The van der Waals surface area contributed by atoms with Crippen molar-refractivity contribution in [2.24, 2.45) is 0 Å². The SMILES string of the molecule is COc1ccc(C)cc1NC(=O)[C@@H](C)Oc1ccc(C)cc1. The van der Waals surface area contributed by atoms with Crippen molar-refractivity contribution in [3.8, 4) is 11.5 Å². The van der Waals surface area contributed by atoms with Gasteiger partial charge >= 0.3 is 0 Å². The monoisotopic (exact) mass is 299 g/mol. The summed E-state index contributed by atoms with van der Waals surface area (Å²) in [5.74, 6) is 1.08. The Bertz CT molecular complexity index is 650. The Balaban J connectivity index is 2.05. The molecule has 0 bridgehead atoms. The van der Waals surface area contributed by atoms with E-state index >= 15 is 0 Å². The second-order valence-corrected chi connectivity index (χ2v) is 5.27. The molecule has 116 valence electrons. The van der Waals surface area contributed by atoms with Crippen LogP contribution in [-0.4, -0.2) is 19.1 Å². The first-order chi connectivity index (χ1) is 10.5. The molecule has 4 heteroatoms. The molecule has 1 N–H and O–H groups in total. The lowest BCUT2D eigenvalue weighted by Crippen LogP contribution is -2.30. The molecule has 2 rings (SSSR count). The fraction of sp³-hybridized carbons (Fsp3) is 0.278. The van der Waals surface area contributed by atoms with Crippen LogP contribution in [-0.2, 0) is 4.79 Å². The van der Waals surface area contributed by atoms with Gasteiger partial charge < -0.3 is 14.8 Å². The first-order valence-corrected chi connectivity index (χ1v) is 7.18. The van der Waals surface area contributed by atoms with E-state index in [0.717, 1.165) is 11.1 Å². The van der Waals surface area contributed by atoms with Gasteiger partial charge in [-0.25, -0.2) is 0 Å². The molecule has 1 amide bonds. The van der Waals surface area contributed by atoms with Crippen molar-refractivity contribution in [1.82, 2.24) is 0 Å². The van der Waals surface area contributed by atoms with Gasteiger partial charge in [0.2, 0.25) is 0 Å². The van der Waals surface area contributed by atoms with E-state index in [0.29, 0.717) is 17.2 Å². The van der Waals surface area contributed by atoms with Crippen molar-refractivity contribution >= 4 is 11.6 Å². The number of benzene rings is 2. The summed E-state index contributed by atoms with van der Waals surface area (Å²) in [6.45, 7) is 5.68. The summed E-state index contributed by atoms with van der Waals surface area (Å²) in [7, 11) is 1.58. The van der Waals surface area contributed by atoms with Crippen LogP contribution in [0, 0.1) is 13.8 Å². The van der Waals surface area contributed by atoms with Gasteiger partial charge in [-0.15, -0.1) is 0 Å². The average Bonchev–Trinajstić information content (AvgIpc) is 2.49. The van der Waals surface area contributed by atoms with E-state index in [2.05, 4.69) is 5.32 Å². The number of carbonyl (C=O) groups is 1. The largest absolute Gasteiger partial charge is 0.495 e. The molecule has 2 aromatic carbocycles. The van der Waals surface area contributed by atoms with Gasteiger partial charge in [0, 0.05) is 0 Å². The summed E-state index contributed by atoms with van der Waals surface area (Å²) in [6.07, 6.45) is -0.604. The van der Waals surface area contributed by atoms with Gasteiger partial charge in [0.1, 0.15) is 11.5 Å². The van der Waals surface area contributed by atoms with Crippen molar-refractivity contribution in [2.45, 2.75) is 26.9 Å². The predicted molar refractivity (Wildman–Crippen MR) is 87.6 cm³/mol. The Labute approximate surface area is 131 Å². The Morgan fingerprint density at radius 2 is 1.68 bits per heavy atom. The van der Waals surface area contributed by atoms with Gasteiger partial charge in [-0.2, -0.15) is 0 Å². The zero-order valence-corrected chi connectivity index (χ0v) is 13.3. The summed E-state index contributed by atoms with van der Waals surface area (Å²) in [4.78, 5) is 12.3. The lowest BCUT2D eigenvalue weighted by Gasteiger charge is -2.16. The number of methoxy groups -OCH3 is 1. The van der Waals surface area contributed by atoms with Gasteiger partial charge in [-0.05, 0) is 50.6 Å². The van der Waals surface area contributed by atoms with E-state index in [1.165, 1.54) is 0 Å². The molecule has 0 spiro atoms. The maximum Gasteiger partial charge on any atom is 0.265 e. The van der Waals surface area contributed by atoms with Crippen molar-refractivity contribution in [1.29, 1.82) is 0 Å². The van der Waals surface area contributed by atoms with Gasteiger partial charge in [0.25, 0.3) is 5.91 Å². The van der Waals surface area contributed by atoms with Crippen molar-refractivity contribution in [3.63, 3.8) is 0 Å². The van der Waals surface area contributed by atoms with Gasteiger partial charge in [0.15, 0.2) is 6.10 Å². The summed E-state index contributed by atoms with van der Waals surface area (Å²) in [5.41, 5.74) is 2.84. The maximum absolute atomic E-state index is 12.3. The Hall–Kier alpha value is -2.49. The molecule has 0 heterocycles. The van der Waals surface area contributed by atoms with Crippen LogP contribution in [0.1, 0.15) is 18.1 Å². The van der Waals surface area contributed by atoms with Crippen LogP contribution in [0.25, 0.3) is 0 Å². The highest BCUT2D eigenvalue weighted by Gasteiger charge is 2.16. The molecular formula is C18H21NO3. The molecule has 0 saturated heterocycles. The topological polar surface area (TPSA) is 47.6 Å². The smallest absolute Gasteiger partial charge is 0.265 e. The van der Waals surface area contributed by atoms with E-state index in [1.807, 2.05) is 56.3 Å². The molecule has 0 saturated carbocycles. The second kappa shape index (κ2) is 6.98. The number of ether oxygens (including phenoxy) is 2. The summed E-state index contributed by atoms with van der Waals surface area (Å²) >= 11 is 0. The Morgan fingerprint density at radius 3 is 2.32 bits per heavy atom. The van der Waals surface area contributed by atoms with Crippen molar-refractivity contribution in [2.75, 3.05) is 12.4 Å². The van der Waals surface area contributed by atoms with Crippen LogP contribution in [0.4, 0.5) is 5.69 Å². The van der Waals surface area contributed by atoms with E-state index in [4.69, 9.17) is 9.47 Å². The average molecular weight is 299 g/mol. The van der Waals surface area contributed by atoms with Crippen LogP contribution in [0.3, 0.4) is 0 Å². The molecule has 0 aromatic heterocycles. The third-order valence-corrected chi connectivity index (χ3v) is 3.32. The molecule has 0 radical (unpaired) electrons. The van der Waals surface area contributed by atoms with E-state index in [9.17, 15) is 4.79 Å². The second-order valence-electron chi connectivity index (χ2n) is 5.27. The number of aryl methyl sites for hydroxylation is 2. The van der Waals surface area contributed by atoms with E-state index < -0.39 is 6.10 Å². The zero-order valence-electron chi connectivity index (χ0n) is 13.3. The quantitative estimate of drug-likeness (QED) is 0.915. The molecule has 22 heavy (non-hydrogen) atoms. The number of nitrogens with one attached hydrogen (secondary N) is 1. The third kappa shape index (κ3) is 4.01. The molecule has 2 aromatic rings. The maximum atomic E-state index is 12.3. The zero-order chi connectivity index (χ0) is 16.1. The minimum atomic E-state index is -0.604. The van der Waals surface area contributed by atoms with Crippen molar-refractivity contribution in [3.05, 3.63) is 53.6 Å². The number of rotatable bonds is 5. The van der Waals surface area contributed by atoms with Crippen LogP contribution < -0.4 is 14.8 Å². The summed E-state index contributed by atoms with van der Waals surface area (Å²) in [5, 5.41) is 2.84. The van der Waals surface area contributed by atoms with Crippen molar-refractivity contribution < 1.29 is 14.3 Å². The highest BCUT2D eigenvalue weighted by atomic mass is 16.5. The van der Waals surface area contributed by atoms with Gasteiger partial charge in [-0.3, -0.25) is 4.79 Å². The lowest BCUT2D eigenvalue weighted by atomic mass is 10.2. The molecule has 1 atom stereocenters. The predicted octanol–water partition coefficient (Wildman–Crippen LogP) is 3.72. The molecule has 0 fully saturated rings. The summed E-state index contributed by atoms with van der Waals surface area (Å²) in [6, 6.07) is 13.2. The molecule has 0 aliphatic rings. The fourth-order valence-corrected chi connectivity index (χ4v) is 2.03. The highest BCUT2D eigenvalue weighted by Crippen LogP contribution is 2.25. The van der Waals surface area contributed by atoms with Crippen LogP contribution >= 0.6 is 0 Å². The number of amides is 1. The molecule has 4 nitrogen and oxygen atoms in total. The van der Waals surface area contributed by atoms with Crippen LogP contribution in [0.15, 0.2) is 42.5 Å². The number of carbonyl (C=O) groups excluding carboxylic acids is 1. The standard InChI is InChI=1S/C18H21NO3/c1-12-5-8-15(9-6-12)22-14(3)18(20)19-16-11-13(2)7-10-17(16)21-4/h5-11,14H,1-4H3,(H,19,20)/t14-/m1/s1. The number of hydrogen-bond donors (Lipinski definition) is 1.